The Bertz CT molecular complexity index is 1250. The molecular weight excluding hydrogens is 515 g/mol. The normalized spacial score (nSPS) is 17.8. The van der Waals surface area contributed by atoms with E-state index in [1.807, 2.05) is 0 Å². The van der Waals surface area contributed by atoms with E-state index in [1.54, 1.807) is 0 Å². The molecule has 0 bridgehead atoms. The van der Waals surface area contributed by atoms with Crippen LogP contribution in [-0.2, 0) is 19.7 Å². The number of halogens is 9. The van der Waals surface area contributed by atoms with Crippen molar-refractivity contribution in [3.8, 4) is 0 Å². The molecule has 0 radical (unpaired) electrons. The third-order valence-corrected chi connectivity index (χ3v) is 9.27. The third-order valence-electron chi connectivity index (χ3n) is 4.34. The van der Waals surface area contributed by atoms with Crippen LogP contribution in [0.15, 0.2) is 34.1 Å². The van der Waals surface area contributed by atoms with Crippen LogP contribution < -0.4 is 10.4 Å². The van der Waals surface area contributed by atoms with Gasteiger partial charge < -0.3 is 0 Å². The lowest BCUT2D eigenvalue weighted by Crippen LogP contribution is -2.43. The van der Waals surface area contributed by atoms with Gasteiger partial charge in [0.2, 0.25) is 0 Å². The molecule has 0 aromatic heterocycles. The van der Waals surface area contributed by atoms with Gasteiger partial charge in [0.05, 0.1) is 22.8 Å². The topological polar surface area (TPSA) is 68.3 Å². The second-order valence-electron chi connectivity index (χ2n) is 6.93. The number of allylic oxidation sites excluding steroid dienone is 1. The van der Waals surface area contributed by atoms with Gasteiger partial charge in [0.25, 0.3) is 0 Å². The Morgan fingerprint density at radius 1 is 0.848 bits per heavy atom. The van der Waals surface area contributed by atoms with Crippen molar-refractivity contribution < 1.29 is 56.3 Å². The lowest BCUT2D eigenvalue weighted by molar-refractivity contribution is -0.179. The highest BCUT2D eigenvalue weighted by molar-refractivity contribution is 8.14. The summed E-state index contributed by atoms with van der Waals surface area (Å²) in [5, 5.41) is -3.80. The Kier molecular flexibility index (Phi) is 7.30. The lowest BCUT2D eigenvalue weighted by atomic mass is 10.0. The lowest BCUT2D eigenvalue weighted by Gasteiger charge is -2.27. The molecule has 186 valence electrons. The molecule has 1 aromatic carbocycles. The van der Waals surface area contributed by atoms with Gasteiger partial charge in [0, 0.05) is 0 Å². The van der Waals surface area contributed by atoms with Gasteiger partial charge in [-0.05, 0) is 0 Å². The summed E-state index contributed by atoms with van der Waals surface area (Å²) in [6.45, 7) is 0. The first-order valence-corrected chi connectivity index (χ1v) is 12.0. The summed E-state index contributed by atoms with van der Waals surface area (Å²) in [6, 6.07) is 5.64. The first-order chi connectivity index (χ1) is 14.7. The molecule has 1 atom stereocenters. The van der Waals surface area contributed by atoms with E-state index in [1.165, 1.54) is 24.3 Å². The van der Waals surface area contributed by atoms with Gasteiger partial charge in [-0.2, -0.15) is 39.5 Å². The number of rotatable bonds is 6. The minimum atomic E-state index is -6.38. The minimum absolute atomic E-state index is 0.0908. The second kappa shape index (κ2) is 8.89. The predicted octanol–water partition coefficient (Wildman–Crippen LogP) is 3.34. The number of hydrogen-bond acceptors (Lipinski definition) is 4. The van der Waals surface area contributed by atoms with Crippen LogP contribution in [0.2, 0.25) is 0 Å². The zero-order chi connectivity index (χ0) is 25.5. The SMILES string of the molecule is O=S(=O)(CCC(F)(F)F)/C(=C1\C=c2ccccc2=C[CH-]1)S(=O)(=O)C(CC(F)(F)F)C(F)(F)F. The summed E-state index contributed by atoms with van der Waals surface area (Å²) in [5.74, 6) is -1.98. The molecule has 1 unspecified atom stereocenters. The van der Waals surface area contributed by atoms with Gasteiger partial charge in [-0.3, -0.25) is 0 Å². The highest BCUT2D eigenvalue weighted by Crippen LogP contribution is 2.40. The zero-order valence-corrected chi connectivity index (χ0v) is 17.7. The molecule has 1 aliphatic rings. The molecule has 4 nitrogen and oxygen atoms in total. The summed E-state index contributed by atoms with van der Waals surface area (Å²) < 4.78 is 165. The third kappa shape index (κ3) is 6.91. The van der Waals surface area contributed by atoms with E-state index in [0.717, 1.165) is 12.2 Å². The van der Waals surface area contributed by atoms with Gasteiger partial charge in [0.1, 0.15) is 0 Å². The fraction of sp³-hybridized carbons (Fsp3) is 0.389. The van der Waals surface area contributed by atoms with E-state index in [0.29, 0.717) is 11.6 Å². The molecule has 0 saturated carbocycles. The van der Waals surface area contributed by atoms with Crippen molar-refractivity contribution in [1.82, 2.24) is 0 Å². The molecule has 2 rings (SSSR count). The quantitative estimate of drug-likeness (QED) is 0.419. The van der Waals surface area contributed by atoms with Crippen molar-refractivity contribution in [2.45, 2.75) is 36.6 Å². The van der Waals surface area contributed by atoms with Gasteiger partial charge >= 0.3 is 18.5 Å². The zero-order valence-electron chi connectivity index (χ0n) is 16.1. The van der Waals surface area contributed by atoms with Crippen LogP contribution in [0.1, 0.15) is 12.8 Å². The van der Waals surface area contributed by atoms with Crippen molar-refractivity contribution in [3.63, 3.8) is 0 Å². The van der Waals surface area contributed by atoms with E-state index in [4.69, 9.17) is 0 Å². The second-order valence-corrected chi connectivity index (χ2v) is 11.3. The Morgan fingerprint density at radius 2 is 1.39 bits per heavy atom. The van der Waals surface area contributed by atoms with Crippen LogP contribution >= 0.6 is 0 Å². The van der Waals surface area contributed by atoms with Crippen LogP contribution in [-0.4, -0.2) is 46.4 Å². The molecule has 33 heavy (non-hydrogen) atoms. The number of sulfone groups is 2. The Morgan fingerprint density at radius 3 is 1.88 bits per heavy atom. The molecule has 0 spiro atoms. The minimum Gasteiger partial charge on any atom is -0.233 e. The summed E-state index contributed by atoms with van der Waals surface area (Å²) >= 11 is 0. The highest BCUT2D eigenvalue weighted by atomic mass is 32.3. The maximum Gasteiger partial charge on any atom is 0.405 e. The first-order valence-electron chi connectivity index (χ1n) is 8.77. The Labute approximate surface area is 181 Å². The average Bonchev–Trinajstić information content (AvgIpc) is 2.62. The van der Waals surface area contributed by atoms with Crippen LogP contribution in [0.25, 0.3) is 12.2 Å². The molecule has 1 aliphatic carbocycles. The van der Waals surface area contributed by atoms with Crippen molar-refractivity contribution in [1.29, 1.82) is 0 Å². The molecule has 0 heterocycles. The molecule has 0 fully saturated rings. The van der Waals surface area contributed by atoms with Gasteiger partial charge in [-0.25, -0.2) is 16.8 Å². The van der Waals surface area contributed by atoms with Crippen LogP contribution in [0, 0.1) is 6.42 Å². The molecule has 1 aromatic rings. The maximum atomic E-state index is 13.4. The standard InChI is InChI=1S/C18H14F9O4S2/c19-16(20,21)7-8-32(28,29)15(13-6-5-11-3-1-2-4-12(11)9-13)33(30,31)14(18(25,26)27)10-17(22,23)24/h1-6,9,14H,7-8,10H2/q-1/b15-13+. The Balaban J connectivity index is 2.84. The van der Waals surface area contributed by atoms with E-state index in [-0.39, 0.29) is 5.22 Å². The molecule has 15 heteroatoms. The summed E-state index contributed by atoms with van der Waals surface area (Å²) in [6.07, 6.45) is -19.4. The molecule has 0 N–H and O–H groups in total. The van der Waals surface area contributed by atoms with Gasteiger partial charge in [-0.15, -0.1) is 29.4 Å². The van der Waals surface area contributed by atoms with Gasteiger partial charge in [0.15, 0.2) is 24.9 Å². The van der Waals surface area contributed by atoms with E-state index < -0.39 is 71.9 Å². The van der Waals surface area contributed by atoms with E-state index in [9.17, 15) is 56.3 Å². The highest BCUT2D eigenvalue weighted by Gasteiger charge is 2.55. The number of alkyl halides is 9. The number of fused-ring (bicyclic) bond motifs is 1. The Hall–Kier alpha value is -2.16. The fourth-order valence-corrected chi connectivity index (χ4v) is 7.58. The van der Waals surface area contributed by atoms with Crippen LogP contribution in [0.3, 0.4) is 0 Å². The summed E-state index contributed by atoms with van der Waals surface area (Å²) in [5.41, 5.74) is -0.979. The predicted molar refractivity (Wildman–Crippen MR) is 99.8 cm³/mol. The van der Waals surface area contributed by atoms with Crippen LogP contribution in [0.4, 0.5) is 39.5 Å². The van der Waals surface area contributed by atoms with Crippen molar-refractivity contribution >= 4 is 31.8 Å². The summed E-state index contributed by atoms with van der Waals surface area (Å²) in [7, 11) is -12.0. The number of benzene rings is 1. The van der Waals surface area contributed by atoms with Crippen molar-refractivity contribution in [2.24, 2.45) is 0 Å². The monoisotopic (exact) mass is 529 g/mol. The number of hydrogen-bond donors (Lipinski definition) is 0. The van der Waals surface area contributed by atoms with E-state index >= 15 is 0 Å². The van der Waals surface area contributed by atoms with E-state index in [2.05, 4.69) is 0 Å². The fourth-order valence-electron chi connectivity index (χ4n) is 2.92. The van der Waals surface area contributed by atoms with Crippen LogP contribution in [0.5, 0.6) is 0 Å². The molecular formula is C18H14F9O4S2-. The smallest absolute Gasteiger partial charge is 0.233 e. The van der Waals surface area contributed by atoms with Crippen molar-refractivity contribution in [3.05, 3.63) is 50.9 Å². The average molecular weight is 529 g/mol. The van der Waals surface area contributed by atoms with Gasteiger partial charge in [-0.1, -0.05) is 29.5 Å². The summed E-state index contributed by atoms with van der Waals surface area (Å²) in [4.78, 5) is 0. The largest absolute Gasteiger partial charge is 0.405 e. The maximum absolute atomic E-state index is 13.4. The molecule has 0 aliphatic heterocycles. The van der Waals surface area contributed by atoms with Crippen molar-refractivity contribution in [2.75, 3.05) is 5.75 Å². The molecule has 0 amide bonds. The molecule has 0 saturated heterocycles. The first kappa shape index (κ1) is 27.1.